The van der Waals surface area contributed by atoms with Crippen molar-refractivity contribution in [2.75, 3.05) is 19.6 Å². The van der Waals surface area contributed by atoms with Crippen molar-refractivity contribution in [2.24, 2.45) is 0 Å². The maximum absolute atomic E-state index is 11.7. The quantitative estimate of drug-likeness (QED) is 0.613. The fourth-order valence-corrected chi connectivity index (χ4v) is 1.36. The van der Waals surface area contributed by atoms with E-state index in [0.29, 0.717) is 25.2 Å². The summed E-state index contributed by atoms with van der Waals surface area (Å²) < 4.78 is 0. The Bertz CT molecular complexity index is 367. The molecule has 0 saturated heterocycles. The van der Waals surface area contributed by atoms with E-state index in [-0.39, 0.29) is 12.0 Å². The third-order valence-electron chi connectivity index (χ3n) is 2.16. The summed E-state index contributed by atoms with van der Waals surface area (Å²) in [6.07, 6.45) is 2.89. The third kappa shape index (κ3) is 5.42. The van der Waals surface area contributed by atoms with E-state index in [4.69, 9.17) is 5.11 Å². The van der Waals surface area contributed by atoms with Gasteiger partial charge in [-0.05, 0) is 25.5 Å². The van der Waals surface area contributed by atoms with Crippen molar-refractivity contribution in [3.8, 4) is 0 Å². The van der Waals surface area contributed by atoms with Gasteiger partial charge in [-0.15, -0.1) is 0 Å². The van der Waals surface area contributed by atoms with Gasteiger partial charge in [0, 0.05) is 32.0 Å². The van der Waals surface area contributed by atoms with Crippen molar-refractivity contribution >= 4 is 5.91 Å². The second kappa shape index (κ2) is 6.98. The lowest BCUT2D eigenvalue weighted by atomic mass is 10.2. The Balaban J connectivity index is 2.26. The molecule has 0 aliphatic rings. The number of rotatable bonds is 6. The summed E-state index contributed by atoms with van der Waals surface area (Å²) in [7, 11) is 0. The second-order valence-corrected chi connectivity index (χ2v) is 4.06. The minimum absolute atomic E-state index is 0.125. The van der Waals surface area contributed by atoms with Crippen LogP contribution in [0.15, 0.2) is 18.5 Å². The standard InChI is InChI=1S/C12H19N3O2/c1-9-5-11(8-14-6-9)12(17)15-4-3-13-7-10(2)16/h5-6,8,10,13,16H,3-4,7H2,1-2H3,(H,15,17). The Morgan fingerprint density at radius 2 is 2.24 bits per heavy atom. The summed E-state index contributed by atoms with van der Waals surface area (Å²) in [4.78, 5) is 15.6. The van der Waals surface area contributed by atoms with Crippen molar-refractivity contribution in [2.45, 2.75) is 20.0 Å². The highest BCUT2D eigenvalue weighted by Gasteiger charge is 2.04. The topological polar surface area (TPSA) is 74.2 Å². The predicted octanol–water partition coefficient (Wildman–Crippen LogP) is 0.0902. The highest BCUT2D eigenvalue weighted by Crippen LogP contribution is 2.00. The third-order valence-corrected chi connectivity index (χ3v) is 2.16. The maximum atomic E-state index is 11.7. The number of nitrogens with one attached hydrogen (secondary N) is 2. The fraction of sp³-hybridized carbons (Fsp3) is 0.500. The minimum atomic E-state index is -0.369. The maximum Gasteiger partial charge on any atom is 0.252 e. The number of carbonyl (C=O) groups excluding carboxylic acids is 1. The van der Waals surface area contributed by atoms with Crippen LogP contribution in [0, 0.1) is 6.92 Å². The van der Waals surface area contributed by atoms with Gasteiger partial charge < -0.3 is 15.7 Å². The molecule has 0 aliphatic carbocycles. The minimum Gasteiger partial charge on any atom is -0.392 e. The SMILES string of the molecule is Cc1cncc(C(=O)NCCNCC(C)O)c1. The molecular formula is C12H19N3O2. The van der Waals surface area contributed by atoms with Gasteiger partial charge >= 0.3 is 0 Å². The highest BCUT2D eigenvalue weighted by molar-refractivity contribution is 5.93. The van der Waals surface area contributed by atoms with Crippen LogP contribution in [0.3, 0.4) is 0 Å². The van der Waals surface area contributed by atoms with E-state index in [0.717, 1.165) is 5.56 Å². The first kappa shape index (κ1) is 13.6. The molecule has 3 N–H and O–H groups in total. The van der Waals surface area contributed by atoms with Crippen LogP contribution in [-0.4, -0.2) is 41.7 Å². The number of amides is 1. The van der Waals surface area contributed by atoms with Crippen LogP contribution in [-0.2, 0) is 0 Å². The number of aryl methyl sites for hydroxylation is 1. The Hall–Kier alpha value is -1.46. The van der Waals surface area contributed by atoms with E-state index in [1.165, 1.54) is 0 Å². The molecule has 1 rings (SSSR count). The van der Waals surface area contributed by atoms with Crippen molar-refractivity contribution in [3.05, 3.63) is 29.6 Å². The normalized spacial score (nSPS) is 12.2. The first-order valence-corrected chi connectivity index (χ1v) is 5.68. The zero-order valence-electron chi connectivity index (χ0n) is 10.2. The summed E-state index contributed by atoms with van der Waals surface area (Å²) in [5.41, 5.74) is 1.53. The van der Waals surface area contributed by atoms with Gasteiger partial charge in [0.2, 0.25) is 0 Å². The molecule has 0 fully saturated rings. The van der Waals surface area contributed by atoms with Crippen LogP contribution in [0.1, 0.15) is 22.8 Å². The molecular weight excluding hydrogens is 218 g/mol. The molecule has 0 saturated carbocycles. The molecule has 0 bridgehead atoms. The smallest absolute Gasteiger partial charge is 0.252 e. The van der Waals surface area contributed by atoms with E-state index in [2.05, 4.69) is 15.6 Å². The Morgan fingerprint density at radius 3 is 2.88 bits per heavy atom. The molecule has 0 spiro atoms. The van der Waals surface area contributed by atoms with Crippen LogP contribution in [0.4, 0.5) is 0 Å². The second-order valence-electron chi connectivity index (χ2n) is 4.06. The number of hydrogen-bond donors (Lipinski definition) is 3. The molecule has 94 valence electrons. The van der Waals surface area contributed by atoms with Gasteiger partial charge in [-0.1, -0.05) is 0 Å². The average Bonchev–Trinajstić information content (AvgIpc) is 2.28. The molecule has 1 amide bonds. The Kier molecular flexibility index (Phi) is 5.59. The zero-order valence-corrected chi connectivity index (χ0v) is 10.2. The van der Waals surface area contributed by atoms with Crippen molar-refractivity contribution < 1.29 is 9.90 Å². The Labute approximate surface area is 101 Å². The lowest BCUT2D eigenvalue weighted by molar-refractivity contribution is 0.0953. The van der Waals surface area contributed by atoms with Crippen molar-refractivity contribution in [1.29, 1.82) is 0 Å². The fourth-order valence-electron chi connectivity index (χ4n) is 1.36. The lowest BCUT2D eigenvalue weighted by Gasteiger charge is -2.08. The van der Waals surface area contributed by atoms with E-state index in [1.807, 2.05) is 6.92 Å². The molecule has 0 aliphatic heterocycles. The summed E-state index contributed by atoms with van der Waals surface area (Å²) in [6.45, 7) is 5.30. The average molecular weight is 237 g/mol. The predicted molar refractivity (Wildman–Crippen MR) is 65.9 cm³/mol. The summed E-state index contributed by atoms with van der Waals surface area (Å²) in [5, 5.41) is 14.8. The molecule has 1 unspecified atom stereocenters. The summed E-state index contributed by atoms with van der Waals surface area (Å²) >= 11 is 0. The van der Waals surface area contributed by atoms with Crippen molar-refractivity contribution in [3.63, 3.8) is 0 Å². The highest BCUT2D eigenvalue weighted by atomic mass is 16.3. The van der Waals surface area contributed by atoms with Gasteiger partial charge in [-0.25, -0.2) is 0 Å². The largest absolute Gasteiger partial charge is 0.392 e. The number of carbonyl (C=O) groups is 1. The molecule has 5 nitrogen and oxygen atoms in total. The number of aromatic nitrogens is 1. The number of hydrogen-bond acceptors (Lipinski definition) is 4. The lowest BCUT2D eigenvalue weighted by Crippen LogP contribution is -2.34. The number of nitrogens with zero attached hydrogens (tertiary/aromatic N) is 1. The molecule has 1 heterocycles. The molecule has 1 aromatic rings. The van der Waals surface area contributed by atoms with Gasteiger partial charge in [0.25, 0.3) is 5.91 Å². The van der Waals surface area contributed by atoms with Crippen molar-refractivity contribution in [1.82, 2.24) is 15.6 Å². The van der Waals surface area contributed by atoms with Crippen LogP contribution >= 0.6 is 0 Å². The first-order valence-electron chi connectivity index (χ1n) is 5.68. The van der Waals surface area contributed by atoms with Gasteiger partial charge in [-0.2, -0.15) is 0 Å². The van der Waals surface area contributed by atoms with E-state index >= 15 is 0 Å². The number of pyridine rings is 1. The van der Waals surface area contributed by atoms with Gasteiger partial charge in [0.1, 0.15) is 0 Å². The van der Waals surface area contributed by atoms with Crippen LogP contribution in [0.25, 0.3) is 0 Å². The van der Waals surface area contributed by atoms with Gasteiger partial charge in [0.05, 0.1) is 11.7 Å². The first-order chi connectivity index (χ1) is 8.09. The molecule has 17 heavy (non-hydrogen) atoms. The molecule has 5 heteroatoms. The van der Waals surface area contributed by atoms with Crippen LogP contribution < -0.4 is 10.6 Å². The van der Waals surface area contributed by atoms with Gasteiger partial charge in [0.15, 0.2) is 0 Å². The zero-order chi connectivity index (χ0) is 12.7. The van der Waals surface area contributed by atoms with E-state index in [9.17, 15) is 4.79 Å². The van der Waals surface area contributed by atoms with E-state index in [1.54, 1.807) is 25.4 Å². The Morgan fingerprint density at radius 1 is 1.47 bits per heavy atom. The summed E-state index contributed by atoms with van der Waals surface area (Å²) in [5.74, 6) is -0.125. The molecule has 1 atom stereocenters. The monoisotopic (exact) mass is 237 g/mol. The number of aliphatic hydroxyl groups is 1. The van der Waals surface area contributed by atoms with Crippen LogP contribution in [0.5, 0.6) is 0 Å². The number of aliphatic hydroxyl groups excluding tert-OH is 1. The summed E-state index contributed by atoms with van der Waals surface area (Å²) in [6, 6.07) is 1.80. The van der Waals surface area contributed by atoms with Gasteiger partial charge in [-0.3, -0.25) is 9.78 Å². The molecule has 0 radical (unpaired) electrons. The molecule has 0 aromatic carbocycles. The van der Waals surface area contributed by atoms with E-state index < -0.39 is 0 Å². The van der Waals surface area contributed by atoms with Crippen LogP contribution in [0.2, 0.25) is 0 Å². The molecule has 1 aromatic heterocycles.